The van der Waals surface area contributed by atoms with Crippen molar-refractivity contribution in [3.8, 4) is 5.75 Å². The molecule has 168 valence electrons. The Balaban J connectivity index is 1.67. The number of sulfonamides is 1. The fourth-order valence-electron chi connectivity index (χ4n) is 2.99. The number of nitrogens with one attached hydrogen (secondary N) is 1. The van der Waals surface area contributed by atoms with Gasteiger partial charge >= 0.3 is 0 Å². The van der Waals surface area contributed by atoms with Crippen molar-refractivity contribution >= 4 is 37.5 Å². The lowest BCUT2D eigenvalue weighted by Crippen LogP contribution is -2.26. The Hall–Kier alpha value is -2.68. The van der Waals surface area contributed by atoms with E-state index in [0.717, 1.165) is 12.0 Å². The average molecular weight is 517 g/mol. The van der Waals surface area contributed by atoms with E-state index in [1.165, 1.54) is 16.4 Å². The number of benzene rings is 3. The Labute approximate surface area is 197 Å². The van der Waals surface area contributed by atoms with Crippen LogP contribution in [0.2, 0.25) is 0 Å². The van der Waals surface area contributed by atoms with Gasteiger partial charge in [0.05, 0.1) is 16.0 Å². The molecule has 0 saturated heterocycles. The van der Waals surface area contributed by atoms with Crippen molar-refractivity contribution < 1.29 is 17.9 Å². The minimum atomic E-state index is -3.65. The van der Waals surface area contributed by atoms with Crippen LogP contribution in [-0.4, -0.2) is 32.3 Å². The summed E-state index contributed by atoms with van der Waals surface area (Å²) in [4.78, 5) is 12.7. The Morgan fingerprint density at radius 3 is 2.34 bits per heavy atom. The van der Waals surface area contributed by atoms with Crippen LogP contribution in [0.15, 0.2) is 82.2 Å². The highest BCUT2D eigenvalue weighted by atomic mass is 79.9. The van der Waals surface area contributed by atoms with Gasteiger partial charge in [0.2, 0.25) is 10.0 Å². The lowest BCUT2D eigenvalue weighted by atomic mass is 10.2. The van der Waals surface area contributed by atoms with Crippen LogP contribution in [0, 0.1) is 0 Å². The van der Waals surface area contributed by atoms with Gasteiger partial charge < -0.3 is 10.1 Å². The smallest absolute Gasteiger partial charge is 0.255 e. The molecular weight excluding hydrogens is 492 g/mol. The molecule has 0 atom stereocenters. The number of rotatable bonds is 9. The third-order valence-corrected chi connectivity index (χ3v) is 7.16. The fraction of sp³-hybridized carbons (Fsp3) is 0.208. The number of carbonyl (C=O) groups excluding carboxylic acids is 1. The van der Waals surface area contributed by atoms with Gasteiger partial charge in [0.25, 0.3) is 5.91 Å². The third-order valence-electron chi connectivity index (χ3n) is 4.72. The zero-order chi connectivity index (χ0) is 23.1. The fourth-order valence-corrected chi connectivity index (χ4v) is 4.64. The van der Waals surface area contributed by atoms with Gasteiger partial charge in [-0.1, -0.05) is 37.3 Å². The van der Waals surface area contributed by atoms with E-state index in [0.29, 0.717) is 28.1 Å². The first-order chi connectivity index (χ1) is 15.3. The van der Waals surface area contributed by atoms with E-state index in [1.54, 1.807) is 37.4 Å². The maximum Gasteiger partial charge on any atom is 0.255 e. The molecule has 0 aliphatic rings. The molecule has 0 unspecified atom stereocenters. The molecule has 32 heavy (non-hydrogen) atoms. The maximum atomic E-state index is 12.9. The molecule has 0 fully saturated rings. The topological polar surface area (TPSA) is 75.7 Å². The van der Waals surface area contributed by atoms with Gasteiger partial charge in [-0.05, 0) is 70.4 Å². The molecule has 6 nitrogen and oxygen atoms in total. The molecule has 0 saturated carbocycles. The summed E-state index contributed by atoms with van der Waals surface area (Å²) in [6, 6.07) is 20.6. The highest BCUT2D eigenvalue weighted by Crippen LogP contribution is 2.27. The Morgan fingerprint density at radius 1 is 1.03 bits per heavy atom. The Morgan fingerprint density at radius 2 is 1.72 bits per heavy atom. The first-order valence-corrected chi connectivity index (χ1v) is 12.4. The second-order valence-corrected chi connectivity index (χ2v) is 10.1. The van der Waals surface area contributed by atoms with Crippen LogP contribution in [0.4, 0.5) is 5.69 Å². The van der Waals surface area contributed by atoms with Crippen LogP contribution >= 0.6 is 15.9 Å². The number of halogens is 1. The van der Waals surface area contributed by atoms with E-state index < -0.39 is 10.0 Å². The van der Waals surface area contributed by atoms with Crippen LogP contribution in [0.5, 0.6) is 5.75 Å². The summed E-state index contributed by atoms with van der Waals surface area (Å²) in [7, 11) is -2.11. The summed E-state index contributed by atoms with van der Waals surface area (Å²) in [5.41, 5.74) is 1.86. The average Bonchev–Trinajstić information content (AvgIpc) is 2.79. The normalized spacial score (nSPS) is 11.4. The van der Waals surface area contributed by atoms with E-state index >= 15 is 0 Å². The molecule has 0 spiro atoms. The molecule has 8 heteroatoms. The summed E-state index contributed by atoms with van der Waals surface area (Å²) in [5, 5.41) is 2.79. The number of ether oxygens (including phenoxy) is 1. The molecule has 0 bridgehead atoms. The van der Waals surface area contributed by atoms with Crippen molar-refractivity contribution in [1.29, 1.82) is 0 Å². The molecule has 1 N–H and O–H groups in total. The molecular formula is C24H25BrN2O4S. The minimum absolute atomic E-state index is 0.161. The van der Waals surface area contributed by atoms with Crippen LogP contribution < -0.4 is 10.1 Å². The first-order valence-electron chi connectivity index (χ1n) is 10.2. The second-order valence-electron chi connectivity index (χ2n) is 7.22. The largest absolute Gasteiger partial charge is 0.492 e. The van der Waals surface area contributed by atoms with Gasteiger partial charge in [-0.2, -0.15) is 4.31 Å². The number of nitrogens with zero attached hydrogens (tertiary/aromatic N) is 1. The van der Waals surface area contributed by atoms with E-state index in [4.69, 9.17) is 4.74 Å². The second kappa shape index (κ2) is 10.8. The highest BCUT2D eigenvalue weighted by Gasteiger charge is 2.21. The van der Waals surface area contributed by atoms with Gasteiger partial charge in [0.1, 0.15) is 5.75 Å². The van der Waals surface area contributed by atoms with Crippen LogP contribution in [0.25, 0.3) is 0 Å². The molecule has 0 aromatic heterocycles. The highest BCUT2D eigenvalue weighted by molar-refractivity contribution is 9.10. The first kappa shape index (κ1) is 24.0. The predicted octanol–water partition coefficient (Wildman–Crippen LogP) is 5.31. The van der Waals surface area contributed by atoms with Crippen LogP contribution in [0.1, 0.15) is 29.3 Å². The number of amides is 1. The van der Waals surface area contributed by atoms with Crippen molar-refractivity contribution in [2.45, 2.75) is 24.8 Å². The van der Waals surface area contributed by atoms with Crippen molar-refractivity contribution in [1.82, 2.24) is 4.31 Å². The van der Waals surface area contributed by atoms with E-state index in [2.05, 4.69) is 21.2 Å². The van der Waals surface area contributed by atoms with Gasteiger partial charge in [0, 0.05) is 24.8 Å². The van der Waals surface area contributed by atoms with Crippen molar-refractivity contribution in [3.63, 3.8) is 0 Å². The zero-order valence-electron chi connectivity index (χ0n) is 17.9. The van der Waals surface area contributed by atoms with Crippen LogP contribution in [-0.2, 0) is 16.6 Å². The van der Waals surface area contributed by atoms with Crippen molar-refractivity contribution in [3.05, 3.63) is 88.4 Å². The zero-order valence-corrected chi connectivity index (χ0v) is 20.3. The quantitative estimate of drug-likeness (QED) is 0.418. The molecule has 3 rings (SSSR count). The van der Waals surface area contributed by atoms with Crippen molar-refractivity contribution in [2.24, 2.45) is 0 Å². The molecule has 0 radical (unpaired) electrons. The third kappa shape index (κ3) is 5.97. The Bertz CT molecular complexity index is 1170. The monoisotopic (exact) mass is 516 g/mol. The van der Waals surface area contributed by atoms with E-state index in [9.17, 15) is 13.2 Å². The van der Waals surface area contributed by atoms with Gasteiger partial charge in [-0.3, -0.25) is 4.79 Å². The van der Waals surface area contributed by atoms with Gasteiger partial charge in [-0.15, -0.1) is 0 Å². The lowest BCUT2D eigenvalue weighted by Gasteiger charge is -2.17. The van der Waals surface area contributed by atoms with E-state index in [-0.39, 0.29) is 17.3 Å². The van der Waals surface area contributed by atoms with E-state index in [1.807, 2.05) is 37.3 Å². The number of hydrogen-bond donors (Lipinski definition) is 1. The number of hydrogen-bond acceptors (Lipinski definition) is 4. The molecule has 3 aromatic rings. The minimum Gasteiger partial charge on any atom is -0.492 e. The lowest BCUT2D eigenvalue weighted by molar-refractivity contribution is 0.102. The summed E-state index contributed by atoms with van der Waals surface area (Å²) in [6.07, 6.45) is 0.891. The summed E-state index contributed by atoms with van der Waals surface area (Å²) in [6.45, 7) is 2.89. The standard InChI is InChI=1S/C24H25BrN2O4S/c1-3-15-31-23-14-9-19(16-22(23)25)24(28)26-20-10-12-21(13-11-20)32(29,30)27(2)17-18-7-5-4-6-8-18/h4-14,16H,3,15,17H2,1-2H3,(H,26,28). The maximum absolute atomic E-state index is 12.9. The van der Waals surface area contributed by atoms with Gasteiger partial charge in [-0.25, -0.2) is 8.42 Å². The number of anilines is 1. The van der Waals surface area contributed by atoms with Crippen molar-refractivity contribution in [2.75, 3.05) is 19.0 Å². The van der Waals surface area contributed by atoms with Gasteiger partial charge in [0.15, 0.2) is 0 Å². The summed E-state index contributed by atoms with van der Waals surface area (Å²) < 4.78 is 33.3. The molecule has 0 heterocycles. The SMILES string of the molecule is CCCOc1ccc(C(=O)Nc2ccc(S(=O)(=O)N(C)Cc3ccccc3)cc2)cc1Br. The summed E-state index contributed by atoms with van der Waals surface area (Å²) in [5.74, 6) is 0.377. The summed E-state index contributed by atoms with van der Waals surface area (Å²) >= 11 is 3.42. The predicted molar refractivity (Wildman–Crippen MR) is 129 cm³/mol. The molecule has 0 aliphatic carbocycles. The molecule has 0 aliphatic heterocycles. The van der Waals surface area contributed by atoms with Crippen LogP contribution in [0.3, 0.4) is 0 Å². The molecule has 3 aromatic carbocycles. The Kier molecular flexibility index (Phi) is 8.06. The molecule has 1 amide bonds. The number of carbonyl (C=O) groups is 1.